The van der Waals surface area contributed by atoms with Gasteiger partial charge < -0.3 is 15.2 Å². The molecule has 20 heavy (non-hydrogen) atoms. The second-order valence-electron chi connectivity index (χ2n) is 5.12. The van der Waals surface area contributed by atoms with Crippen molar-refractivity contribution in [3.8, 4) is 5.75 Å². The van der Waals surface area contributed by atoms with E-state index in [-0.39, 0.29) is 12.0 Å². The molecule has 1 aromatic rings. The molecule has 0 spiro atoms. The SMILES string of the molecule is CCOc1ccc(NC2CCCC(C(=O)O)C2)cc1Cl. The number of benzene rings is 1. The Hall–Kier alpha value is -1.42. The fraction of sp³-hybridized carbons (Fsp3) is 0.533. The molecule has 5 heteroatoms. The third-order valence-electron chi connectivity index (χ3n) is 3.63. The lowest BCUT2D eigenvalue weighted by molar-refractivity contribution is -0.142. The van der Waals surface area contributed by atoms with Gasteiger partial charge >= 0.3 is 5.97 Å². The van der Waals surface area contributed by atoms with Gasteiger partial charge in [-0.25, -0.2) is 0 Å². The summed E-state index contributed by atoms with van der Waals surface area (Å²) in [5.41, 5.74) is 0.912. The van der Waals surface area contributed by atoms with Crippen molar-refractivity contribution >= 4 is 23.3 Å². The molecule has 2 unspecified atom stereocenters. The molecule has 4 nitrogen and oxygen atoms in total. The van der Waals surface area contributed by atoms with E-state index in [1.54, 1.807) is 0 Å². The number of carboxylic acid groups (broad SMARTS) is 1. The molecule has 2 rings (SSSR count). The van der Waals surface area contributed by atoms with Crippen LogP contribution in [0.4, 0.5) is 5.69 Å². The van der Waals surface area contributed by atoms with Crippen LogP contribution in [0, 0.1) is 5.92 Å². The van der Waals surface area contributed by atoms with Gasteiger partial charge in [-0.05, 0) is 44.4 Å². The summed E-state index contributed by atoms with van der Waals surface area (Å²) in [4.78, 5) is 11.1. The Morgan fingerprint density at radius 1 is 1.50 bits per heavy atom. The predicted octanol–water partition coefficient (Wildman–Crippen LogP) is 3.79. The lowest BCUT2D eigenvalue weighted by Gasteiger charge is -2.28. The van der Waals surface area contributed by atoms with E-state index < -0.39 is 5.97 Å². The molecule has 0 aromatic heterocycles. The fourth-order valence-electron chi connectivity index (χ4n) is 2.64. The summed E-state index contributed by atoms with van der Waals surface area (Å²) in [5, 5.41) is 13.0. The summed E-state index contributed by atoms with van der Waals surface area (Å²) >= 11 is 6.15. The average Bonchev–Trinajstić information content (AvgIpc) is 2.42. The Labute approximate surface area is 124 Å². The van der Waals surface area contributed by atoms with Crippen molar-refractivity contribution in [2.75, 3.05) is 11.9 Å². The van der Waals surface area contributed by atoms with Gasteiger partial charge in [-0.2, -0.15) is 0 Å². The summed E-state index contributed by atoms with van der Waals surface area (Å²) < 4.78 is 5.39. The molecular weight excluding hydrogens is 278 g/mol. The number of hydrogen-bond donors (Lipinski definition) is 2. The van der Waals surface area contributed by atoms with Gasteiger partial charge in [0.15, 0.2) is 0 Å². The zero-order valence-electron chi connectivity index (χ0n) is 11.6. The van der Waals surface area contributed by atoms with E-state index >= 15 is 0 Å². The van der Waals surface area contributed by atoms with Crippen LogP contribution >= 0.6 is 11.6 Å². The van der Waals surface area contributed by atoms with Crippen LogP contribution in [-0.4, -0.2) is 23.7 Å². The molecule has 2 atom stereocenters. The van der Waals surface area contributed by atoms with Crippen molar-refractivity contribution < 1.29 is 14.6 Å². The quantitative estimate of drug-likeness (QED) is 0.868. The van der Waals surface area contributed by atoms with Gasteiger partial charge in [-0.3, -0.25) is 4.79 Å². The van der Waals surface area contributed by atoms with E-state index in [4.69, 9.17) is 21.4 Å². The second-order valence-corrected chi connectivity index (χ2v) is 5.53. The highest BCUT2D eigenvalue weighted by atomic mass is 35.5. The van der Waals surface area contributed by atoms with Crippen molar-refractivity contribution in [1.82, 2.24) is 0 Å². The first kappa shape index (κ1) is 15.0. The normalized spacial score (nSPS) is 22.3. The number of hydrogen-bond acceptors (Lipinski definition) is 3. The molecule has 1 saturated carbocycles. The number of carbonyl (C=O) groups is 1. The molecule has 0 amide bonds. The molecule has 0 aliphatic heterocycles. The molecule has 1 aliphatic rings. The van der Waals surface area contributed by atoms with Crippen LogP contribution in [-0.2, 0) is 4.79 Å². The van der Waals surface area contributed by atoms with Crippen LogP contribution in [0.1, 0.15) is 32.6 Å². The predicted molar refractivity (Wildman–Crippen MR) is 79.6 cm³/mol. The highest BCUT2D eigenvalue weighted by Gasteiger charge is 2.26. The average molecular weight is 298 g/mol. The molecule has 0 radical (unpaired) electrons. The molecule has 0 bridgehead atoms. The maximum absolute atomic E-state index is 11.1. The van der Waals surface area contributed by atoms with Crippen molar-refractivity contribution in [3.05, 3.63) is 23.2 Å². The third kappa shape index (κ3) is 3.79. The number of rotatable bonds is 5. The molecule has 1 aromatic carbocycles. The van der Waals surface area contributed by atoms with E-state index in [9.17, 15) is 4.79 Å². The Morgan fingerprint density at radius 2 is 2.30 bits per heavy atom. The van der Waals surface area contributed by atoms with Crippen molar-refractivity contribution in [1.29, 1.82) is 0 Å². The first-order valence-electron chi connectivity index (χ1n) is 7.01. The van der Waals surface area contributed by atoms with Crippen molar-refractivity contribution in [2.24, 2.45) is 5.92 Å². The zero-order valence-corrected chi connectivity index (χ0v) is 12.3. The van der Waals surface area contributed by atoms with Gasteiger partial charge in [0.25, 0.3) is 0 Å². The third-order valence-corrected chi connectivity index (χ3v) is 3.92. The monoisotopic (exact) mass is 297 g/mol. The van der Waals surface area contributed by atoms with Crippen LogP contribution in [0.5, 0.6) is 5.75 Å². The molecule has 0 saturated heterocycles. The number of anilines is 1. The van der Waals surface area contributed by atoms with Crippen LogP contribution in [0.25, 0.3) is 0 Å². The molecule has 0 heterocycles. The summed E-state index contributed by atoms with van der Waals surface area (Å²) in [6.45, 7) is 2.49. The summed E-state index contributed by atoms with van der Waals surface area (Å²) in [5.74, 6) is -0.257. The molecule has 1 aliphatic carbocycles. The summed E-state index contributed by atoms with van der Waals surface area (Å²) in [7, 11) is 0. The standard InChI is InChI=1S/C15H20ClNO3/c1-2-20-14-7-6-12(9-13(14)16)17-11-5-3-4-10(8-11)15(18)19/h6-7,9-11,17H,2-5,8H2,1H3,(H,18,19). The van der Waals surface area contributed by atoms with Crippen LogP contribution in [0.15, 0.2) is 18.2 Å². The largest absolute Gasteiger partial charge is 0.492 e. The Morgan fingerprint density at radius 3 is 2.95 bits per heavy atom. The van der Waals surface area contributed by atoms with Crippen molar-refractivity contribution in [2.45, 2.75) is 38.6 Å². The highest BCUT2D eigenvalue weighted by Crippen LogP contribution is 2.31. The minimum absolute atomic E-state index is 0.193. The number of carboxylic acids is 1. The van der Waals surface area contributed by atoms with Crippen LogP contribution in [0.3, 0.4) is 0 Å². The number of halogens is 1. The number of aliphatic carboxylic acids is 1. The second kappa shape index (κ2) is 6.84. The van der Waals surface area contributed by atoms with Gasteiger partial charge in [0.2, 0.25) is 0 Å². The molecule has 1 fully saturated rings. The van der Waals surface area contributed by atoms with Gasteiger partial charge in [-0.15, -0.1) is 0 Å². The first-order valence-corrected chi connectivity index (χ1v) is 7.39. The Kier molecular flexibility index (Phi) is 5.12. The first-order chi connectivity index (χ1) is 9.60. The lowest BCUT2D eigenvalue weighted by Crippen LogP contribution is -2.30. The van der Waals surface area contributed by atoms with E-state index in [1.807, 2.05) is 25.1 Å². The smallest absolute Gasteiger partial charge is 0.306 e. The number of ether oxygens (including phenoxy) is 1. The van der Waals surface area contributed by atoms with Gasteiger partial charge in [0.05, 0.1) is 17.5 Å². The molecule has 2 N–H and O–H groups in total. The van der Waals surface area contributed by atoms with E-state index in [1.165, 1.54) is 0 Å². The maximum atomic E-state index is 11.1. The molecular formula is C15H20ClNO3. The van der Waals surface area contributed by atoms with Gasteiger partial charge in [-0.1, -0.05) is 18.0 Å². The fourth-order valence-corrected chi connectivity index (χ4v) is 2.88. The minimum Gasteiger partial charge on any atom is -0.492 e. The Bertz CT molecular complexity index is 478. The maximum Gasteiger partial charge on any atom is 0.306 e. The van der Waals surface area contributed by atoms with Crippen LogP contribution in [0.2, 0.25) is 5.02 Å². The van der Waals surface area contributed by atoms with E-state index in [2.05, 4.69) is 5.32 Å². The Balaban J connectivity index is 1.99. The van der Waals surface area contributed by atoms with Crippen LogP contribution < -0.4 is 10.1 Å². The topological polar surface area (TPSA) is 58.6 Å². The zero-order chi connectivity index (χ0) is 14.5. The van der Waals surface area contributed by atoms with Crippen molar-refractivity contribution in [3.63, 3.8) is 0 Å². The highest BCUT2D eigenvalue weighted by molar-refractivity contribution is 6.32. The number of nitrogens with one attached hydrogen (secondary N) is 1. The minimum atomic E-state index is -0.693. The van der Waals surface area contributed by atoms with Gasteiger partial charge in [0.1, 0.15) is 5.75 Å². The van der Waals surface area contributed by atoms with E-state index in [0.717, 1.165) is 24.9 Å². The summed E-state index contributed by atoms with van der Waals surface area (Å²) in [6, 6.07) is 5.78. The van der Waals surface area contributed by atoms with E-state index in [0.29, 0.717) is 23.8 Å². The lowest BCUT2D eigenvalue weighted by atomic mass is 9.85. The molecule has 110 valence electrons. The van der Waals surface area contributed by atoms with Gasteiger partial charge in [0, 0.05) is 11.7 Å². The summed E-state index contributed by atoms with van der Waals surface area (Å²) in [6.07, 6.45) is 3.38.